The molecular formula is C19H30Cl2F2N2O5S. The molecule has 12 heteroatoms. The van der Waals surface area contributed by atoms with E-state index in [1.165, 1.54) is 4.31 Å². The van der Waals surface area contributed by atoms with E-state index in [4.69, 9.17) is 23.2 Å². The van der Waals surface area contributed by atoms with Crippen LogP contribution >= 0.6 is 23.2 Å². The fraction of sp³-hybridized carbons (Fsp3) is 0.947. The first kappa shape index (κ1) is 25.4. The molecule has 3 aliphatic rings. The number of rotatable bonds is 5. The lowest BCUT2D eigenvalue weighted by atomic mass is 9.86. The molecule has 2 saturated carbocycles. The van der Waals surface area contributed by atoms with Gasteiger partial charge in [-0.15, -0.1) is 23.2 Å². The Morgan fingerprint density at radius 3 is 2.32 bits per heavy atom. The van der Waals surface area contributed by atoms with Gasteiger partial charge in [-0.3, -0.25) is 4.79 Å². The van der Waals surface area contributed by atoms with Crippen molar-refractivity contribution in [2.75, 3.05) is 19.7 Å². The average molecular weight is 507 g/mol. The number of halogens is 4. The number of aliphatic hydroxyl groups is 2. The van der Waals surface area contributed by atoms with Gasteiger partial charge >= 0.3 is 0 Å². The quantitative estimate of drug-likeness (QED) is 0.489. The fourth-order valence-electron chi connectivity index (χ4n) is 4.71. The molecular weight excluding hydrogens is 477 g/mol. The van der Waals surface area contributed by atoms with E-state index in [1.54, 1.807) is 0 Å². The van der Waals surface area contributed by atoms with E-state index in [2.05, 4.69) is 5.32 Å². The SMILES string of the molecule is O=C(NC1CC(F)C(F)C(Cl)C1)C1CCC(Cl)C(S(=O)(=O)N2CCC(O)(CO)CC2)C1. The van der Waals surface area contributed by atoms with Crippen molar-refractivity contribution in [2.45, 2.75) is 84.9 Å². The molecule has 0 aromatic rings. The topological polar surface area (TPSA) is 107 Å². The Morgan fingerprint density at radius 1 is 1.10 bits per heavy atom. The van der Waals surface area contributed by atoms with Crippen LogP contribution in [0, 0.1) is 5.92 Å². The van der Waals surface area contributed by atoms with E-state index in [-0.39, 0.29) is 45.2 Å². The van der Waals surface area contributed by atoms with Crippen molar-refractivity contribution in [3.63, 3.8) is 0 Å². The number of hydrogen-bond donors (Lipinski definition) is 3. The average Bonchev–Trinajstić information content (AvgIpc) is 2.72. The van der Waals surface area contributed by atoms with E-state index in [0.29, 0.717) is 12.8 Å². The van der Waals surface area contributed by atoms with Crippen LogP contribution in [0.2, 0.25) is 0 Å². The minimum absolute atomic E-state index is 0.0327. The number of sulfonamides is 1. The molecule has 1 saturated heterocycles. The van der Waals surface area contributed by atoms with Gasteiger partial charge in [0.2, 0.25) is 15.9 Å². The van der Waals surface area contributed by atoms with Gasteiger partial charge in [0.05, 0.1) is 28.2 Å². The summed E-state index contributed by atoms with van der Waals surface area (Å²) in [4.78, 5) is 12.8. The lowest BCUT2D eigenvalue weighted by molar-refractivity contribution is -0.127. The number of nitrogens with zero attached hydrogens (tertiary/aromatic N) is 1. The van der Waals surface area contributed by atoms with Gasteiger partial charge in [-0.25, -0.2) is 21.5 Å². The summed E-state index contributed by atoms with van der Waals surface area (Å²) in [5.41, 5.74) is -1.28. The zero-order valence-electron chi connectivity index (χ0n) is 17.1. The normalized spacial score (nSPS) is 39.7. The molecule has 0 aromatic heterocycles. The second kappa shape index (κ2) is 9.93. The number of aliphatic hydroxyl groups excluding tert-OH is 1. The minimum Gasteiger partial charge on any atom is -0.393 e. The molecule has 0 radical (unpaired) electrons. The van der Waals surface area contributed by atoms with E-state index in [1.807, 2.05) is 0 Å². The highest BCUT2D eigenvalue weighted by atomic mass is 35.5. The monoisotopic (exact) mass is 506 g/mol. The maximum Gasteiger partial charge on any atom is 0.223 e. The van der Waals surface area contributed by atoms with Crippen LogP contribution in [0.4, 0.5) is 8.78 Å². The van der Waals surface area contributed by atoms with Crippen molar-refractivity contribution < 1.29 is 32.2 Å². The second-order valence-electron chi connectivity index (χ2n) is 9.04. The molecule has 3 fully saturated rings. The summed E-state index contributed by atoms with van der Waals surface area (Å²) in [5, 5.41) is 19.5. The van der Waals surface area contributed by atoms with Crippen molar-refractivity contribution in [3.8, 4) is 0 Å². The molecule has 2 aliphatic carbocycles. The highest BCUT2D eigenvalue weighted by molar-refractivity contribution is 7.89. The van der Waals surface area contributed by atoms with Crippen molar-refractivity contribution >= 4 is 39.1 Å². The highest BCUT2D eigenvalue weighted by Crippen LogP contribution is 2.36. The summed E-state index contributed by atoms with van der Waals surface area (Å²) in [7, 11) is -3.82. The molecule has 1 heterocycles. The molecule has 31 heavy (non-hydrogen) atoms. The number of nitrogens with one attached hydrogen (secondary N) is 1. The summed E-state index contributed by atoms with van der Waals surface area (Å²) in [6, 6.07) is -0.598. The molecule has 0 aromatic carbocycles. The summed E-state index contributed by atoms with van der Waals surface area (Å²) < 4.78 is 55.0. The number of carbonyl (C=O) groups excluding carboxylic acids is 1. The zero-order chi connectivity index (χ0) is 23.0. The maximum atomic E-state index is 13.8. The summed E-state index contributed by atoms with van der Waals surface area (Å²) in [6.07, 6.45) is -2.55. The van der Waals surface area contributed by atoms with Crippen molar-refractivity contribution in [1.29, 1.82) is 0 Å². The van der Waals surface area contributed by atoms with Gasteiger partial charge in [0, 0.05) is 31.5 Å². The highest BCUT2D eigenvalue weighted by Gasteiger charge is 2.46. The van der Waals surface area contributed by atoms with Crippen molar-refractivity contribution in [1.82, 2.24) is 9.62 Å². The van der Waals surface area contributed by atoms with Crippen LogP contribution in [0.25, 0.3) is 0 Å². The molecule has 3 rings (SSSR count). The first-order valence-electron chi connectivity index (χ1n) is 10.7. The van der Waals surface area contributed by atoms with Gasteiger partial charge in [0.15, 0.2) is 0 Å². The van der Waals surface area contributed by atoms with Crippen molar-refractivity contribution in [3.05, 3.63) is 0 Å². The smallest absolute Gasteiger partial charge is 0.223 e. The first-order valence-corrected chi connectivity index (χ1v) is 13.0. The van der Waals surface area contributed by atoms with E-state index >= 15 is 0 Å². The van der Waals surface area contributed by atoms with Gasteiger partial charge < -0.3 is 15.5 Å². The predicted molar refractivity (Wildman–Crippen MR) is 113 cm³/mol. The Bertz CT molecular complexity index is 742. The molecule has 1 aliphatic heterocycles. The van der Waals surface area contributed by atoms with Crippen LogP contribution in [0.1, 0.15) is 44.9 Å². The van der Waals surface area contributed by atoms with Gasteiger partial charge in [-0.2, -0.15) is 0 Å². The maximum absolute atomic E-state index is 13.8. The van der Waals surface area contributed by atoms with Gasteiger partial charge in [-0.1, -0.05) is 0 Å². The third kappa shape index (κ3) is 5.63. The number of carbonyl (C=O) groups is 1. The van der Waals surface area contributed by atoms with Crippen molar-refractivity contribution in [2.24, 2.45) is 5.92 Å². The second-order valence-corrected chi connectivity index (χ2v) is 12.3. The Hall–Kier alpha value is -0.260. The molecule has 7 atom stereocenters. The van der Waals surface area contributed by atoms with Crippen LogP contribution in [0.3, 0.4) is 0 Å². The number of amides is 1. The Labute approximate surface area is 191 Å². The van der Waals surface area contributed by atoms with E-state index < -0.39 is 68.4 Å². The molecule has 180 valence electrons. The zero-order valence-corrected chi connectivity index (χ0v) is 19.4. The van der Waals surface area contributed by atoms with Gasteiger partial charge in [0.1, 0.15) is 12.3 Å². The predicted octanol–water partition coefficient (Wildman–Crippen LogP) is 1.47. The molecule has 3 N–H and O–H groups in total. The molecule has 1 amide bonds. The summed E-state index contributed by atoms with van der Waals surface area (Å²) in [6.45, 7) is -0.298. The molecule has 0 spiro atoms. The van der Waals surface area contributed by atoms with Crippen LogP contribution in [0.5, 0.6) is 0 Å². The molecule has 7 unspecified atom stereocenters. The number of alkyl halides is 4. The standard InChI is InChI=1S/C19H30Cl2F2N2O5S/c20-13-2-1-11(18(27)24-12-8-14(21)17(23)15(22)9-12)7-16(13)31(29,30)25-5-3-19(28,10-26)4-6-25/h11-17,26,28H,1-10H2,(H,24,27). The lowest BCUT2D eigenvalue weighted by Gasteiger charge is -2.40. The Balaban J connectivity index is 1.62. The molecule has 7 nitrogen and oxygen atoms in total. The largest absolute Gasteiger partial charge is 0.393 e. The number of hydrogen-bond acceptors (Lipinski definition) is 5. The third-order valence-corrected chi connectivity index (χ3v) is 10.3. The minimum atomic E-state index is -3.82. The first-order chi connectivity index (χ1) is 14.5. The Kier molecular flexibility index (Phi) is 8.12. The van der Waals surface area contributed by atoms with Gasteiger partial charge in [0.25, 0.3) is 0 Å². The molecule has 0 bridgehead atoms. The van der Waals surface area contributed by atoms with Crippen LogP contribution in [-0.2, 0) is 14.8 Å². The van der Waals surface area contributed by atoms with Gasteiger partial charge in [-0.05, 0) is 38.5 Å². The summed E-state index contributed by atoms with van der Waals surface area (Å²) in [5.74, 6) is -1.00. The van der Waals surface area contributed by atoms with Crippen LogP contribution < -0.4 is 5.32 Å². The van der Waals surface area contributed by atoms with Crippen LogP contribution in [-0.4, -0.2) is 88.5 Å². The lowest BCUT2D eigenvalue weighted by Crippen LogP contribution is -2.54. The van der Waals surface area contributed by atoms with E-state index in [9.17, 15) is 32.2 Å². The fourth-order valence-corrected chi connectivity index (χ4v) is 7.76. The van der Waals surface area contributed by atoms with Crippen LogP contribution in [0.15, 0.2) is 0 Å². The third-order valence-electron chi connectivity index (χ3n) is 6.83. The number of piperidine rings is 1. The summed E-state index contributed by atoms with van der Waals surface area (Å²) >= 11 is 12.2. The Morgan fingerprint density at radius 2 is 1.74 bits per heavy atom. The van der Waals surface area contributed by atoms with E-state index in [0.717, 1.165) is 0 Å².